The van der Waals surface area contributed by atoms with E-state index in [2.05, 4.69) is 29.9 Å². The maximum atomic E-state index is 5.93. The van der Waals surface area contributed by atoms with Gasteiger partial charge in [0.05, 0.1) is 0 Å². The fourth-order valence-electron chi connectivity index (χ4n) is 3.12. The van der Waals surface area contributed by atoms with Gasteiger partial charge in [0.15, 0.2) is 0 Å². The molecule has 0 amide bonds. The highest BCUT2D eigenvalue weighted by Gasteiger charge is 2.17. The standard InChI is InChI=1S/C16H27N3/c1-13(17)11-15-9-6-10-18-16(15)19(2)12-14-7-4-3-5-8-14/h6,9-10,13-14H,3-5,7-8,11-12,17H2,1-2H3. The Hall–Kier alpha value is -1.09. The molecule has 19 heavy (non-hydrogen) atoms. The third-order valence-electron chi connectivity index (χ3n) is 4.03. The van der Waals surface area contributed by atoms with Gasteiger partial charge in [0.1, 0.15) is 5.82 Å². The van der Waals surface area contributed by atoms with E-state index in [-0.39, 0.29) is 6.04 Å². The first-order valence-electron chi connectivity index (χ1n) is 7.57. The van der Waals surface area contributed by atoms with Gasteiger partial charge in [-0.3, -0.25) is 0 Å². The van der Waals surface area contributed by atoms with Crippen LogP contribution in [0.3, 0.4) is 0 Å². The molecule has 0 radical (unpaired) electrons. The lowest BCUT2D eigenvalue weighted by Crippen LogP contribution is -2.29. The molecule has 1 aliphatic rings. The van der Waals surface area contributed by atoms with Crippen LogP contribution < -0.4 is 10.6 Å². The number of nitrogens with zero attached hydrogens (tertiary/aromatic N) is 2. The quantitative estimate of drug-likeness (QED) is 0.886. The van der Waals surface area contributed by atoms with Crippen molar-refractivity contribution >= 4 is 5.82 Å². The lowest BCUT2D eigenvalue weighted by atomic mass is 9.89. The van der Waals surface area contributed by atoms with E-state index in [1.165, 1.54) is 37.7 Å². The summed E-state index contributed by atoms with van der Waals surface area (Å²) in [5, 5.41) is 0. The number of hydrogen-bond donors (Lipinski definition) is 1. The van der Waals surface area contributed by atoms with Crippen molar-refractivity contribution in [1.82, 2.24) is 4.98 Å². The SMILES string of the molecule is CC(N)Cc1cccnc1N(C)CC1CCCCC1. The van der Waals surface area contributed by atoms with Gasteiger partial charge < -0.3 is 10.6 Å². The van der Waals surface area contributed by atoms with Gasteiger partial charge in [-0.15, -0.1) is 0 Å². The molecule has 3 nitrogen and oxygen atoms in total. The second-order valence-corrected chi connectivity index (χ2v) is 6.05. The Bertz CT molecular complexity index is 383. The first-order valence-corrected chi connectivity index (χ1v) is 7.57. The van der Waals surface area contributed by atoms with E-state index in [4.69, 9.17) is 5.73 Å². The average molecular weight is 261 g/mol. The number of aromatic nitrogens is 1. The molecular weight excluding hydrogens is 234 g/mol. The Morgan fingerprint density at radius 1 is 1.37 bits per heavy atom. The maximum Gasteiger partial charge on any atom is 0.131 e. The van der Waals surface area contributed by atoms with Crippen molar-refractivity contribution in [1.29, 1.82) is 0 Å². The highest BCUT2D eigenvalue weighted by molar-refractivity contribution is 5.46. The van der Waals surface area contributed by atoms with Crippen LogP contribution in [-0.2, 0) is 6.42 Å². The molecule has 1 aromatic rings. The Kier molecular flexibility index (Phi) is 5.20. The fraction of sp³-hybridized carbons (Fsp3) is 0.688. The third-order valence-corrected chi connectivity index (χ3v) is 4.03. The lowest BCUT2D eigenvalue weighted by molar-refractivity contribution is 0.361. The Labute approximate surface area is 117 Å². The van der Waals surface area contributed by atoms with E-state index in [1.807, 2.05) is 12.3 Å². The van der Waals surface area contributed by atoms with Crippen LogP contribution >= 0.6 is 0 Å². The molecule has 1 unspecified atom stereocenters. The van der Waals surface area contributed by atoms with E-state index in [0.29, 0.717) is 0 Å². The van der Waals surface area contributed by atoms with Gasteiger partial charge in [0.25, 0.3) is 0 Å². The number of nitrogens with two attached hydrogens (primary N) is 1. The second-order valence-electron chi connectivity index (χ2n) is 6.05. The van der Waals surface area contributed by atoms with Gasteiger partial charge in [-0.2, -0.15) is 0 Å². The summed E-state index contributed by atoms with van der Waals surface area (Å²) in [7, 11) is 2.17. The molecule has 0 aliphatic heterocycles. The highest BCUT2D eigenvalue weighted by atomic mass is 15.2. The summed E-state index contributed by atoms with van der Waals surface area (Å²) in [6.45, 7) is 3.18. The fourth-order valence-corrected chi connectivity index (χ4v) is 3.12. The van der Waals surface area contributed by atoms with Crippen LogP contribution in [0.5, 0.6) is 0 Å². The van der Waals surface area contributed by atoms with E-state index < -0.39 is 0 Å². The van der Waals surface area contributed by atoms with E-state index in [0.717, 1.165) is 24.7 Å². The van der Waals surface area contributed by atoms with Gasteiger partial charge in [0, 0.05) is 25.8 Å². The molecule has 0 bridgehead atoms. The molecule has 2 rings (SSSR count). The van der Waals surface area contributed by atoms with Crippen molar-refractivity contribution in [2.24, 2.45) is 11.7 Å². The summed E-state index contributed by atoms with van der Waals surface area (Å²) in [4.78, 5) is 6.89. The summed E-state index contributed by atoms with van der Waals surface area (Å²) in [6.07, 6.45) is 9.75. The van der Waals surface area contributed by atoms with Crippen molar-refractivity contribution < 1.29 is 0 Å². The zero-order valence-electron chi connectivity index (χ0n) is 12.3. The van der Waals surface area contributed by atoms with Gasteiger partial charge in [-0.05, 0) is 43.7 Å². The number of rotatable bonds is 5. The second kappa shape index (κ2) is 6.90. The van der Waals surface area contributed by atoms with Gasteiger partial charge >= 0.3 is 0 Å². The monoisotopic (exact) mass is 261 g/mol. The molecule has 1 saturated carbocycles. The average Bonchev–Trinajstić information content (AvgIpc) is 2.39. The van der Waals surface area contributed by atoms with Crippen LogP contribution in [0, 0.1) is 5.92 Å². The molecule has 0 aromatic carbocycles. The molecule has 106 valence electrons. The Morgan fingerprint density at radius 3 is 2.79 bits per heavy atom. The minimum atomic E-state index is 0.186. The zero-order valence-corrected chi connectivity index (χ0v) is 12.3. The molecule has 2 N–H and O–H groups in total. The summed E-state index contributed by atoms with van der Waals surface area (Å²) in [5.41, 5.74) is 7.21. The number of pyridine rings is 1. The molecule has 1 atom stereocenters. The molecule has 3 heteroatoms. The summed E-state index contributed by atoms with van der Waals surface area (Å²) >= 11 is 0. The molecule has 1 fully saturated rings. The minimum Gasteiger partial charge on any atom is -0.359 e. The van der Waals surface area contributed by atoms with Crippen LogP contribution in [0.2, 0.25) is 0 Å². The third kappa shape index (κ3) is 4.20. The molecule has 1 aromatic heterocycles. The summed E-state index contributed by atoms with van der Waals surface area (Å²) in [5.74, 6) is 1.95. The zero-order chi connectivity index (χ0) is 13.7. The first-order chi connectivity index (χ1) is 9.16. The van der Waals surface area contributed by atoms with Crippen molar-refractivity contribution in [2.75, 3.05) is 18.5 Å². The van der Waals surface area contributed by atoms with Crippen molar-refractivity contribution in [3.05, 3.63) is 23.9 Å². The topological polar surface area (TPSA) is 42.1 Å². The van der Waals surface area contributed by atoms with Gasteiger partial charge in [0.2, 0.25) is 0 Å². The van der Waals surface area contributed by atoms with Crippen LogP contribution in [0.1, 0.15) is 44.6 Å². The summed E-state index contributed by atoms with van der Waals surface area (Å²) < 4.78 is 0. The Morgan fingerprint density at radius 2 is 2.11 bits per heavy atom. The molecule has 1 heterocycles. The maximum absolute atomic E-state index is 5.93. The van der Waals surface area contributed by atoms with Crippen molar-refractivity contribution in [3.63, 3.8) is 0 Å². The Balaban J connectivity index is 2.02. The van der Waals surface area contributed by atoms with Crippen molar-refractivity contribution in [3.8, 4) is 0 Å². The van der Waals surface area contributed by atoms with E-state index >= 15 is 0 Å². The van der Waals surface area contributed by atoms with E-state index in [9.17, 15) is 0 Å². The smallest absolute Gasteiger partial charge is 0.131 e. The molecular formula is C16H27N3. The predicted molar refractivity (Wildman–Crippen MR) is 81.4 cm³/mol. The minimum absolute atomic E-state index is 0.186. The highest BCUT2D eigenvalue weighted by Crippen LogP contribution is 2.26. The molecule has 0 spiro atoms. The first kappa shape index (κ1) is 14.3. The van der Waals surface area contributed by atoms with Crippen LogP contribution in [0.25, 0.3) is 0 Å². The van der Waals surface area contributed by atoms with Crippen LogP contribution in [0.4, 0.5) is 5.82 Å². The largest absolute Gasteiger partial charge is 0.359 e. The summed E-state index contributed by atoms with van der Waals surface area (Å²) in [6, 6.07) is 4.35. The molecule has 1 aliphatic carbocycles. The van der Waals surface area contributed by atoms with E-state index in [1.54, 1.807) is 0 Å². The normalized spacial score (nSPS) is 18.3. The van der Waals surface area contributed by atoms with Crippen molar-refractivity contribution in [2.45, 2.75) is 51.5 Å². The number of anilines is 1. The van der Waals surface area contributed by atoms with Crippen LogP contribution in [0.15, 0.2) is 18.3 Å². The van der Waals surface area contributed by atoms with Crippen LogP contribution in [-0.4, -0.2) is 24.6 Å². The predicted octanol–water partition coefficient (Wildman–Crippen LogP) is 2.99. The lowest BCUT2D eigenvalue weighted by Gasteiger charge is -2.29. The van der Waals surface area contributed by atoms with Gasteiger partial charge in [-0.1, -0.05) is 25.3 Å². The number of hydrogen-bond acceptors (Lipinski definition) is 3. The van der Waals surface area contributed by atoms with Gasteiger partial charge in [-0.25, -0.2) is 4.98 Å². The molecule has 0 saturated heterocycles.